The lowest BCUT2D eigenvalue weighted by Crippen LogP contribution is -2.19. The molecule has 120 valence electrons. The molecule has 0 saturated heterocycles. The van der Waals surface area contributed by atoms with Crippen LogP contribution in [-0.4, -0.2) is 17.1 Å². The van der Waals surface area contributed by atoms with E-state index in [1.54, 1.807) is 18.3 Å². The number of benzene rings is 2. The fourth-order valence-electron chi connectivity index (χ4n) is 2.48. The van der Waals surface area contributed by atoms with E-state index in [-0.39, 0.29) is 5.91 Å². The van der Waals surface area contributed by atoms with E-state index in [9.17, 15) is 4.79 Å². The van der Waals surface area contributed by atoms with Gasteiger partial charge in [-0.2, -0.15) is 5.10 Å². The standard InChI is InChI=1S/C19H16ClN3O/c1-12-5-3-7-15-10-17(13(2)22-18(12)15)19(24)23-21-11-14-6-4-8-16(20)9-14/h3-11H,1-2H3,(H,23,24)/b21-11-. The molecule has 0 bridgehead atoms. The van der Waals surface area contributed by atoms with Crippen LogP contribution in [0.1, 0.15) is 27.2 Å². The molecule has 3 rings (SSSR count). The summed E-state index contributed by atoms with van der Waals surface area (Å²) < 4.78 is 0. The van der Waals surface area contributed by atoms with Crippen molar-refractivity contribution in [3.05, 3.63) is 75.9 Å². The number of nitrogens with zero attached hydrogens (tertiary/aromatic N) is 2. The van der Waals surface area contributed by atoms with E-state index >= 15 is 0 Å². The van der Waals surface area contributed by atoms with Gasteiger partial charge in [0.25, 0.3) is 5.91 Å². The van der Waals surface area contributed by atoms with Crippen molar-refractivity contribution in [1.29, 1.82) is 0 Å². The Balaban J connectivity index is 1.82. The minimum atomic E-state index is -0.290. The van der Waals surface area contributed by atoms with E-state index in [2.05, 4.69) is 15.5 Å². The molecule has 4 nitrogen and oxygen atoms in total. The first-order valence-electron chi connectivity index (χ1n) is 7.50. The third kappa shape index (κ3) is 3.44. The molecule has 0 radical (unpaired) electrons. The Hall–Kier alpha value is -2.72. The summed E-state index contributed by atoms with van der Waals surface area (Å²) in [4.78, 5) is 16.9. The predicted octanol–water partition coefficient (Wildman–Crippen LogP) is 4.27. The van der Waals surface area contributed by atoms with Crippen LogP contribution in [0.4, 0.5) is 0 Å². The highest BCUT2D eigenvalue weighted by molar-refractivity contribution is 6.30. The molecule has 0 saturated carbocycles. The van der Waals surface area contributed by atoms with Gasteiger partial charge in [-0.3, -0.25) is 9.78 Å². The lowest BCUT2D eigenvalue weighted by molar-refractivity contribution is 0.0954. The summed E-state index contributed by atoms with van der Waals surface area (Å²) in [5.41, 5.74) is 6.53. The molecule has 0 aliphatic rings. The summed E-state index contributed by atoms with van der Waals surface area (Å²) >= 11 is 5.91. The number of aryl methyl sites for hydroxylation is 2. The molecule has 1 aromatic heterocycles. The van der Waals surface area contributed by atoms with Gasteiger partial charge in [0.15, 0.2) is 0 Å². The van der Waals surface area contributed by atoms with E-state index in [4.69, 9.17) is 11.6 Å². The lowest BCUT2D eigenvalue weighted by atomic mass is 10.1. The van der Waals surface area contributed by atoms with Gasteiger partial charge >= 0.3 is 0 Å². The zero-order valence-corrected chi connectivity index (χ0v) is 14.1. The highest BCUT2D eigenvalue weighted by atomic mass is 35.5. The number of aromatic nitrogens is 1. The minimum absolute atomic E-state index is 0.290. The molecule has 1 heterocycles. The van der Waals surface area contributed by atoms with Gasteiger partial charge in [0.2, 0.25) is 0 Å². The third-order valence-electron chi connectivity index (χ3n) is 3.71. The maximum absolute atomic E-state index is 12.4. The van der Waals surface area contributed by atoms with Crippen LogP contribution >= 0.6 is 11.6 Å². The second kappa shape index (κ2) is 6.81. The maximum atomic E-state index is 12.4. The molecule has 0 aliphatic carbocycles. The Morgan fingerprint density at radius 1 is 1.17 bits per heavy atom. The van der Waals surface area contributed by atoms with E-state index < -0.39 is 0 Å². The quantitative estimate of drug-likeness (QED) is 0.573. The summed E-state index contributed by atoms with van der Waals surface area (Å²) in [6.45, 7) is 3.82. The van der Waals surface area contributed by atoms with Gasteiger partial charge in [0, 0.05) is 10.4 Å². The average molecular weight is 338 g/mol. The van der Waals surface area contributed by atoms with Gasteiger partial charge in [-0.1, -0.05) is 41.9 Å². The topological polar surface area (TPSA) is 54.4 Å². The fraction of sp³-hybridized carbons (Fsp3) is 0.105. The maximum Gasteiger partial charge on any atom is 0.273 e. The highest BCUT2D eigenvalue weighted by Crippen LogP contribution is 2.19. The molecule has 1 amide bonds. The normalized spacial score (nSPS) is 11.1. The monoisotopic (exact) mass is 337 g/mol. The van der Waals surface area contributed by atoms with E-state index in [0.29, 0.717) is 16.3 Å². The van der Waals surface area contributed by atoms with Crippen molar-refractivity contribution in [3.8, 4) is 0 Å². The molecule has 0 atom stereocenters. The zero-order chi connectivity index (χ0) is 17.1. The first-order chi connectivity index (χ1) is 11.5. The molecule has 1 N–H and O–H groups in total. The number of carbonyl (C=O) groups excluding carboxylic acids is 1. The summed E-state index contributed by atoms with van der Waals surface area (Å²) in [6.07, 6.45) is 1.55. The van der Waals surface area contributed by atoms with Gasteiger partial charge in [0.05, 0.1) is 23.0 Å². The van der Waals surface area contributed by atoms with E-state index in [1.165, 1.54) is 0 Å². The number of hydrogen-bond acceptors (Lipinski definition) is 3. The molecule has 0 fully saturated rings. The van der Waals surface area contributed by atoms with Crippen molar-refractivity contribution in [1.82, 2.24) is 10.4 Å². The zero-order valence-electron chi connectivity index (χ0n) is 13.4. The molecule has 0 unspecified atom stereocenters. The van der Waals surface area contributed by atoms with Crippen LogP contribution in [0, 0.1) is 13.8 Å². The van der Waals surface area contributed by atoms with Gasteiger partial charge in [-0.15, -0.1) is 0 Å². The summed E-state index contributed by atoms with van der Waals surface area (Å²) in [7, 11) is 0. The van der Waals surface area contributed by atoms with Crippen molar-refractivity contribution in [3.63, 3.8) is 0 Å². The number of halogens is 1. The van der Waals surface area contributed by atoms with Crippen molar-refractivity contribution >= 4 is 34.6 Å². The van der Waals surface area contributed by atoms with Crippen LogP contribution in [0.15, 0.2) is 53.6 Å². The van der Waals surface area contributed by atoms with Crippen molar-refractivity contribution in [2.75, 3.05) is 0 Å². The first kappa shape index (κ1) is 16.1. The Morgan fingerprint density at radius 3 is 2.75 bits per heavy atom. The number of pyridine rings is 1. The van der Waals surface area contributed by atoms with Gasteiger partial charge in [-0.25, -0.2) is 5.43 Å². The minimum Gasteiger partial charge on any atom is -0.267 e. The molecular formula is C19H16ClN3O. The average Bonchev–Trinajstić information content (AvgIpc) is 2.55. The van der Waals surface area contributed by atoms with Crippen LogP contribution in [0.3, 0.4) is 0 Å². The third-order valence-corrected chi connectivity index (χ3v) is 3.95. The number of nitrogens with one attached hydrogen (secondary N) is 1. The van der Waals surface area contributed by atoms with Crippen LogP contribution in [-0.2, 0) is 0 Å². The largest absolute Gasteiger partial charge is 0.273 e. The fourth-order valence-corrected chi connectivity index (χ4v) is 2.68. The smallest absolute Gasteiger partial charge is 0.267 e. The molecule has 0 aliphatic heterocycles. The Kier molecular flexibility index (Phi) is 4.58. The number of amides is 1. The lowest BCUT2D eigenvalue weighted by Gasteiger charge is -2.07. The molecule has 3 aromatic rings. The van der Waals surface area contributed by atoms with Crippen molar-refractivity contribution in [2.45, 2.75) is 13.8 Å². The summed E-state index contributed by atoms with van der Waals surface area (Å²) in [6, 6.07) is 15.0. The predicted molar refractivity (Wildman–Crippen MR) is 97.7 cm³/mol. The highest BCUT2D eigenvalue weighted by Gasteiger charge is 2.11. The summed E-state index contributed by atoms with van der Waals surface area (Å²) in [5.74, 6) is -0.290. The second-order valence-corrected chi connectivity index (χ2v) is 5.96. The summed E-state index contributed by atoms with van der Waals surface area (Å²) in [5, 5.41) is 5.54. The number of hydrogen-bond donors (Lipinski definition) is 1. The van der Waals surface area contributed by atoms with Gasteiger partial charge < -0.3 is 0 Å². The van der Waals surface area contributed by atoms with Gasteiger partial charge in [-0.05, 0) is 43.2 Å². The number of carbonyl (C=O) groups is 1. The number of rotatable bonds is 3. The Morgan fingerprint density at radius 2 is 1.96 bits per heavy atom. The molecule has 24 heavy (non-hydrogen) atoms. The van der Waals surface area contributed by atoms with Crippen LogP contribution in [0.5, 0.6) is 0 Å². The molecule has 2 aromatic carbocycles. The number of para-hydroxylation sites is 1. The number of fused-ring (bicyclic) bond motifs is 1. The SMILES string of the molecule is Cc1nc2c(C)cccc2cc1C(=O)N/N=C\c1cccc(Cl)c1. The Bertz CT molecular complexity index is 950. The second-order valence-electron chi connectivity index (χ2n) is 5.52. The first-order valence-corrected chi connectivity index (χ1v) is 7.88. The van der Waals surface area contributed by atoms with E-state index in [0.717, 1.165) is 22.0 Å². The van der Waals surface area contributed by atoms with Crippen molar-refractivity contribution < 1.29 is 4.79 Å². The molecule has 5 heteroatoms. The Labute approximate surface area is 145 Å². The number of hydrazone groups is 1. The van der Waals surface area contributed by atoms with E-state index in [1.807, 2.05) is 50.2 Å². The van der Waals surface area contributed by atoms with Crippen molar-refractivity contribution in [2.24, 2.45) is 5.10 Å². The van der Waals surface area contributed by atoms with Gasteiger partial charge in [0.1, 0.15) is 0 Å². The molecular weight excluding hydrogens is 322 g/mol. The van der Waals surface area contributed by atoms with Crippen LogP contribution in [0.2, 0.25) is 5.02 Å². The van der Waals surface area contributed by atoms with Crippen LogP contribution in [0.25, 0.3) is 10.9 Å². The van der Waals surface area contributed by atoms with Crippen LogP contribution < -0.4 is 5.43 Å². The molecule has 0 spiro atoms.